The van der Waals surface area contributed by atoms with E-state index in [4.69, 9.17) is 4.52 Å². The zero-order valence-corrected chi connectivity index (χ0v) is 14.5. The highest BCUT2D eigenvalue weighted by Gasteiger charge is 2.41. The summed E-state index contributed by atoms with van der Waals surface area (Å²) in [5.41, 5.74) is -0.723. The minimum absolute atomic E-state index is 0.0240. The molecular weight excluding hydrogens is 349 g/mol. The van der Waals surface area contributed by atoms with Crippen LogP contribution in [0.3, 0.4) is 0 Å². The fraction of sp³-hybridized carbons (Fsp3) is 0.471. The molecule has 140 valence electrons. The van der Waals surface area contributed by atoms with Crippen molar-refractivity contribution in [2.75, 3.05) is 13.1 Å². The molecule has 6 nitrogen and oxygen atoms in total. The molecule has 0 unspecified atom stereocenters. The molecule has 1 amide bonds. The summed E-state index contributed by atoms with van der Waals surface area (Å²) >= 11 is 0. The Hall–Kier alpha value is -2.42. The summed E-state index contributed by atoms with van der Waals surface area (Å²) in [6.45, 7) is 5.19. The van der Waals surface area contributed by atoms with Crippen LogP contribution in [0.2, 0.25) is 0 Å². The third-order valence-corrected chi connectivity index (χ3v) is 4.63. The van der Waals surface area contributed by atoms with E-state index in [1.807, 2.05) is 18.7 Å². The second-order valence-electron chi connectivity index (χ2n) is 6.47. The molecular formula is C17H19F3N4O2. The van der Waals surface area contributed by atoms with Gasteiger partial charge in [-0.1, -0.05) is 18.5 Å². The first-order valence-electron chi connectivity index (χ1n) is 8.36. The van der Waals surface area contributed by atoms with Crippen LogP contribution in [0.4, 0.5) is 13.2 Å². The molecule has 1 N–H and O–H groups in total. The highest BCUT2D eigenvalue weighted by atomic mass is 19.2. The zero-order valence-electron chi connectivity index (χ0n) is 14.5. The van der Waals surface area contributed by atoms with Crippen molar-refractivity contribution in [2.24, 2.45) is 0 Å². The predicted octanol–water partition coefficient (Wildman–Crippen LogP) is 2.64. The molecule has 0 saturated carbocycles. The number of aromatic nitrogens is 2. The second kappa shape index (κ2) is 7.06. The van der Waals surface area contributed by atoms with Gasteiger partial charge in [0.2, 0.25) is 17.6 Å². The lowest BCUT2D eigenvalue weighted by Crippen LogP contribution is -2.62. The lowest BCUT2D eigenvalue weighted by atomic mass is 9.90. The van der Waals surface area contributed by atoms with Gasteiger partial charge in [-0.25, -0.2) is 13.2 Å². The number of piperazine rings is 1. The van der Waals surface area contributed by atoms with Crippen LogP contribution in [-0.2, 0) is 11.3 Å². The number of halogens is 3. The third-order valence-electron chi connectivity index (χ3n) is 4.63. The molecule has 2 heterocycles. The van der Waals surface area contributed by atoms with Gasteiger partial charge in [-0.3, -0.25) is 9.69 Å². The SMILES string of the molecule is CCC[C@]1(C)C(=O)NCCN1Cc1nc(-c2cc(F)c(F)c(F)c2)no1. The van der Waals surface area contributed by atoms with Crippen LogP contribution in [-0.4, -0.2) is 39.6 Å². The van der Waals surface area contributed by atoms with Gasteiger partial charge in [0, 0.05) is 18.7 Å². The molecule has 9 heteroatoms. The number of nitrogens with zero attached hydrogens (tertiary/aromatic N) is 3. The van der Waals surface area contributed by atoms with E-state index in [-0.39, 0.29) is 29.7 Å². The number of hydrogen-bond acceptors (Lipinski definition) is 5. The van der Waals surface area contributed by atoms with E-state index in [2.05, 4.69) is 15.5 Å². The summed E-state index contributed by atoms with van der Waals surface area (Å²) in [6, 6.07) is 1.62. The van der Waals surface area contributed by atoms with E-state index in [0.29, 0.717) is 19.5 Å². The summed E-state index contributed by atoms with van der Waals surface area (Å²) in [6.07, 6.45) is 1.48. The van der Waals surface area contributed by atoms with Gasteiger partial charge in [0.05, 0.1) is 12.1 Å². The summed E-state index contributed by atoms with van der Waals surface area (Å²) in [5, 5.41) is 6.56. The molecule has 1 aliphatic heterocycles. The van der Waals surface area contributed by atoms with Crippen LogP contribution < -0.4 is 5.32 Å². The van der Waals surface area contributed by atoms with Crippen molar-refractivity contribution in [3.05, 3.63) is 35.5 Å². The van der Waals surface area contributed by atoms with E-state index in [1.165, 1.54) is 0 Å². The van der Waals surface area contributed by atoms with Gasteiger partial charge in [-0.15, -0.1) is 0 Å². The Morgan fingerprint density at radius 3 is 2.65 bits per heavy atom. The fourth-order valence-corrected chi connectivity index (χ4v) is 3.18. The molecule has 0 spiro atoms. The topological polar surface area (TPSA) is 71.3 Å². The highest BCUT2D eigenvalue weighted by molar-refractivity contribution is 5.86. The minimum Gasteiger partial charge on any atom is -0.353 e. The van der Waals surface area contributed by atoms with Gasteiger partial charge in [0.15, 0.2) is 17.5 Å². The first-order chi connectivity index (χ1) is 12.3. The number of carbonyl (C=O) groups is 1. The van der Waals surface area contributed by atoms with Crippen molar-refractivity contribution < 1.29 is 22.5 Å². The highest BCUT2D eigenvalue weighted by Crippen LogP contribution is 2.27. The lowest BCUT2D eigenvalue weighted by molar-refractivity contribution is -0.137. The smallest absolute Gasteiger partial charge is 0.241 e. The van der Waals surface area contributed by atoms with E-state index in [9.17, 15) is 18.0 Å². The molecule has 0 aliphatic carbocycles. The van der Waals surface area contributed by atoms with Crippen LogP contribution >= 0.6 is 0 Å². The Balaban J connectivity index is 1.83. The predicted molar refractivity (Wildman–Crippen MR) is 86.3 cm³/mol. The first-order valence-corrected chi connectivity index (χ1v) is 8.36. The number of rotatable bonds is 5. The third kappa shape index (κ3) is 3.31. The van der Waals surface area contributed by atoms with Crippen molar-refractivity contribution >= 4 is 5.91 Å². The Kier molecular flexibility index (Phi) is 4.99. The van der Waals surface area contributed by atoms with Crippen molar-refractivity contribution in [1.29, 1.82) is 0 Å². The molecule has 1 aromatic carbocycles. The van der Waals surface area contributed by atoms with Crippen LogP contribution in [0.15, 0.2) is 16.7 Å². The maximum absolute atomic E-state index is 13.4. The molecule has 1 atom stereocenters. The number of hydrogen-bond donors (Lipinski definition) is 1. The standard InChI is InChI=1S/C17H19F3N4O2/c1-3-4-17(2)16(25)21-5-6-24(17)9-13-22-15(23-26-13)10-7-11(18)14(20)12(19)8-10/h7-8H,3-6,9H2,1-2H3,(H,21,25)/t17-/m1/s1. The van der Waals surface area contributed by atoms with Gasteiger partial charge < -0.3 is 9.84 Å². The van der Waals surface area contributed by atoms with Crippen LogP contribution in [0.25, 0.3) is 11.4 Å². The van der Waals surface area contributed by atoms with E-state index < -0.39 is 23.0 Å². The monoisotopic (exact) mass is 368 g/mol. The van der Waals surface area contributed by atoms with Gasteiger partial charge in [0.25, 0.3) is 0 Å². The first kappa shape index (κ1) is 18.4. The Labute approximate surface area is 148 Å². The van der Waals surface area contributed by atoms with Crippen LogP contribution in [0, 0.1) is 17.5 Å². The molecule has 26 heavy (non-hydrogen) atoms. The molecule has 0 radical (unpaired) electrons. The molecule has 0 bridgehead atoms. The van der Waals surface area contributed by atoms with Crippen molar-refractivity contribution in [3.63, 3.8) is 0 Å². The average Bonchev–Trinajstić information content (AvgIpc) is 3.06. The second-order valence-corrected chi connectivity index (χ2v) is 6.47. The normalized spacial score (nSPS) is 21.0. The quantitative estimate of drug-likeness (QED) is 0.822. The minimum atomic E-state index is -1.55. The lowest BCUT2D eigenvalue weighted by Gasteiger charge is -2.42. The van der Waals surface area contributed by atoms with Gasteiger partial charge in [-0.05, 0) is 25.5 Å². The molecule has 1 aromatic heterocycles. The summed E-state index contributed by atoms with van der Waals surface area (Å²) in [4.78, 5) is 18.4. The number of amides is 1. The molecule has 1 saturated heterocycles. The summed E-state index contributed by atoms with van der Waals surface area (Å²) in [7, 11) is 0. The van der Waals surface area contributed by atoms with Crippen molar-refractivity contribution in [1.82, 2.24) is 20.4 Å². The van der Waals surface area contributed by atoms with Gasteiger partial charge >= 0.3 is 0 Å². The number of benzene rings is 1. The maximum Gasteiger partial charge on any atom is 0.241 e. The maximum atomic E-state index is 13.4. The molecule has 3 rings (SSSR count). The summed E-state index contributed by atoms with van der Waals surface area (Å²) < 4.78 is 45.0. The Bertz CT molecular complexity index is 803. The van der Waals surface area contributed by atoms with Gasteiger partial charge in [0.1, 0.15) is 0 Å². The molecule has 1 fully saturated rings. The molecule has 1 aliphatic rings. The number of carbonyl (C=O) groups excluding carboxylic acids is 1. The van der Waals surface area contributed by atoms with Crippen molar-refractivity contribution in [3.8, 4) is 11.4 Å². The van der Waals surface area contributed by atoms with E-state index in [0.717, 1.165) is 18.6 Å². The van der Waals surface area contributed by atoms with Crippen LogP contribution in [0.5, 0.6) is 0 Å². The number of nitrogens with one attached hydrogen (secondary N) is 1. The Morgan fingerprint density at radius 2 is 2.00 bits per heavy atom. The zero-order chi connectivity index (χ0) is 18.9. The largest absolute Gasteiger partial charge is 0.353 e. The summed E-state index contributed by atoms with van der Waals surface area (Å²) in [5.74, 6) is -4.09. The fourth-order valence-electron chi connectivity index (χ4n) is 3.18. The Morgan fingerprint density at radius 1 is 1.31 bits per heavy atom. The molecule has 2 aromatic rings. The average molecular weight is 368 g/mol. The van der Waals surface area contributed by atoms with Gasteiger partial charge in [-0.2, -0.15) is 4.98 Å². The van der Waals surface area contributed by atoms with Crippen molar-refractivity contribution in [2.45, 2.75) is 38.8 Å². The van der Waals surface area contributed by atoms with Crippen LogP contribution in [0.1, 0.15) is 32.6 Å². The van der Waals surface area contributed by atoms with E-state index >= 15 is 0 Å². The van der Waals surface area contributed by atoms with E-state index in [1.54, 1.807) is 0 Å².